The lowest BCUT2D eigenvalue weighted by atomic mass is 10.1. The molecule has 23 heavy (non-hydrogen) atoms. The fourth-order valence-electron chi connectivity index (χ4n) is 3.33. The van der Waals surface area contributed by atoms with Crippen LogP contribution in [0, 0.1) is 0 Å². The van der Waals surface area contributed by atoms with E-state index in [-0.39, 0.29) is 0 Å². The van der Waals surface area contributed by atoms with Crippen molar-refractivity contribution >= 4 is 27.8 Å². The Morgan fingerprint density at radius 1 is 0.783 bits per heavy atom. The molecule has 0 saturated carbocycles. The summed E-state index contributed by atoms with van der Waals surface area (Å²) >= 11 is 0. The van der Waals surface area contributed by atoms with Crippen LogP contribution in [0.5, 0.6) is 0 Å². The Balaban J connectivity index is 1.94. The van der Waals surface area contributed by atoms with Gasteiger partial charge in [-0.15, -0.1) is 0 Å². The van der Waals surface area contributed by atoms with Gasteiger partial charge in [-0.25, -0.2) is 0 Å². The fraction of sp³-hybridized carbons (Fsp3) is 0.105. The van der Waals surface area contributed by atoms with Gasteiger partial charge in [-0.1, -0.05) is 0 Å². The summed E-state index contributed by atoms with van der Waals surface area (Å²) in [5.74, 6) is 0. The summed E-state index contributed by atoms with van der Waals surface area (Å²) in [5.41, 5.74) is 9.01. The van der Waals surface area contributed by atoms with Gasteiger partial charge >= 0.3 is 0 Å². The van der Waals surface area contributed by atoms with Gasteiger partial charge in [0.25, 0.3) is 0 Å². The number of hydrogen-bond acceptors (Lipinski definition) is 2. The molecule has 0 aromatic carbocycles. The molecular weight excluding hydrogens is 284 g/mol. The van der Waals surface area contributed by atoms with Crippen molar-refractivity contribution in [2.24, 2.45) is 0 Å². The maximum Gasteiger partial charge on any atom is 0.0937 e. The molecule has 112 valence electrons. The van der Waals surface area contributed by atoms with Gasteiger partial charge < -0.3 is 15.3 Å². The molecule has 3 aliphatic heterocycles. The van der Waals surface area contributed by atoms with E-state index in [4.69, 9.17) is 0 Å². The van der Waals surface area contributed by atoms with E-state index in [9.17, 15) is 0 Å². The molecule has 0 unspecified atom stereocenters. The van der Waals surface area contributed by atoms with Crippen LogP contribution in [0.4, 0.5) is 5.69 Å². The Hall–Kier alpha value is -3.01. The van der Waals surface area contributed by atoms with E-state index in [0.717, 1.165) is 52.0 Å². The number of aromatic nitrogens is 3. The van der Waals surface area contributed by atoms with Crippen molar-refractivity contribution in [1.82, 2.24) is 15.0 Å². The van der Waals surface area contributed by atoms with E-state index in [1.807, 2.05) is 6.20 Å². The average molecular weight is 300 g/mol. The van der Waals surface area contributed by atoms with Crippen LogP contribution in [0.15, 0.2) is 54.7 Å². The standard InChI is InChI=1S/C19H16N4/c1-3-16-11-17-4-2-15(23-17)10-13-6-8-21-19(13)18-12(5-7-20-18)9-14(1)22-16/h1-5,7,9-11,21-23H,6,8H2. The topological polar surface area (TPSA) is 56.5 Å². The van der Waals surface area contributed by atoms with Crippen LogP contribution in [0.1, 0.15) is 5.56 Å². The molecular formula is C19H16N4. The van der Waals surface area contributed by atoms with Gasteiger partial charge in [0.15, 0.2) is 0 Å². The number of nitrogens with zero attached hydrogens (tertiary/aromatic N) is 1. The van der Waals surface area contributed by atoms with Crippen LogP contribution < -0.4 is 5.32 Å². The maximum absolute atomic E-state index is 4.59. The van der Waals surface area contributed by atoms with E-state index in [1.54, 1.807) is 0 Å². The molecule has 3 aliphatic rings. The molecule has 0 atom stereocenters. The molecule has 3 N–H and O–H groups in total. The second-order valence-corrected chi connectivity index (χ2v) is 6.00. The van der Waals surface area contributed by atoms with Crippen LogP contribution in [0.2, 0.25) is 0 Å². The molecule has 0 spiro atoms. The molecule has 4 nitrogen and oxygen atoms in total. The van der Waals surface area contributed by atoms with E-state index >= 15 is 0 Å². The molecule has 0 radical (unpaired) electrons. The Bertz CT molecular complexity index is 1060. The zero-order valence-electron chi connectivity index (χ0n) is 12.6. The minimum atomic E-state index is 0.958. The third-order valence-electron chi connectivity index (χ3n) is 4.40. The first-order chi connectivity index (χ1) is 11.3. The molecule has 5 rings (SSSR count). The number of fused-ring (bicyclic) bond motifs is 7. The first-order valence-corrected chi connectivity index (χ1v) is 7.86. The largest absolute Gasteiger partial charge is 0.383 e. The number of aromatic amines is 2. The molecule has 0 aliphatic carbocycles. The number of H-pyrrole nitrogens is 2. The van der Waals surface area contributed by atoms with Crippen molar-refractivity contribution in [3.63, 3.8) is 0 Å². The molecule has 0 saturated heterocycles. The van der Waals surface area contributed by atoms with E-state index < -0.39 is 0 Å². The van der Waals surface area contributed by atoms with Gasteiger partial charge in [0.05, 0.1) is 11.4 Å². The number of rotatable bonds is 0. The number of nitrogens with one attached hydrogen (secondary N) is 3. The second kappa shape index (κ2) is 4.74. The summed E-state index contributed by atoms with van der Waals surface area (Å²) in [5, 5.41) is 3.50. The van der Waals surface area contributed by atoms with Crippen LogP contribution in [-0.2, 0) is 6.42 Å². The maximum atomic E-state index is 4.59. The molecule has 2 aromatic rings. The van der Waals surface area contributed by atoms with Crippen molar-refractivity contribution in [2.45, 2.75) is 6.42 Å². The molecule has 0 amide bonds. The lowest BCUT2D eigenvalue weighted by molar-refractivity contribution is 1.11. The van der Waals surface area contributed by atoms with Crippen LogP contribution >= 0.6 is 0 Å². The van der Waals surface area contributed by atoms with Gasteiger partial charge in [-0.05, 0) is 60.5 Å². The SMILES string of the molecule is c1cc2cc3ccc(cc4ccc(cc5c(c-2n1)NCC5)[nH]4)[nH]3. The lowest BCUT2D eigenvalue weighted by Gasteiger charge is -2.01. The highest BCUT2D eigenvalue weighted by Crippen LogP contribution is 2.32. The third-order valence-corrected chi connectivity index (χ3v) is 4.40. The minimum absolute atomic E-state index is 0.958. The lowest BCUT2D eigenvalue weighted by Crippen LogP contribution is -1.93. The highest BCUT2D eigenvalue weighted by molar-refractivity contribution is 5.81. The highest BCUT2D eigenvalue weighted by atomic mass is 14.9. The van der Waals surface area contributed by atoms with E-state index in [2.05, 4.69) is 68.8 Å². The summed E-state index contributed by atoms with van der Waals surface area (Å²) in [7, 11) is 0. The summed E-state index contributed by atoms with van der Waals surface area (Å²) in [6.07, 6.45) is 2.90. The summed E-state index contributed by atoms with van der Waals surface area (Å²) in [6.45, 7) is 0.958. The molecule has 4 bridgehead atoms. The van der Waals surface area contributed by atoms with Crippen molar-refractivity contribution < 1.29 is 0 Å². The Morgan fingerprint density at radius 2 is 1.48 bits per heavy atom. The second-order valence-electron chi connectivity index (χ2n) is 6.00. The summed E-state index contributed by atoms with van der Waals surface area (Å²) < 4.78 is 0. The van der Waals surface area contributed by atoms with E-state index in [0.29, 0.717) is 0 Å². The average Bonchev–Trinajstić information content (AvgIpc) is 3.28. The smallest absolute Gasteiger partial charge is 0.0937 e. The highest BCUT2D eigenvalue weighted by Gasteiger charge is 2.15. The van der Waals surface area contributed by atoms with Gasteiger partial charge in [0.2, 0.25) is 0 Å². The third kappa shape index (κ3) is 2.11. The quantitative estimate of drug-likeness (QED) is 0.455. The van der Waals surface area contributed by atoms with Gasteiger partial charge in [-0.3, -0.25) is 4.98 Å². The summed E-state index contributed by atoms with van der Waals surface area (Å²) in [4.78, 5) is 11.5. The van der Waals surface area contributed by atoms with Crippen LogP contribution in [-0.4, -0.2) is 21.5 Å². The monoisotopic (exact) mass is 300 g/mol. The number of hydrogen-bond donors (Lipinski definition) is 3. The van der Waals surface area contributed by atoms with Gasteiger partial charge in [0, 0.05) is 40.4 Å². The van der Waals surface area contributed by atoms with Gasteiger partial charge in [-0.2, -0.15) is 0 Å². The molecule has 2 aromatic heterocycles. The minimum Gasteiger partial charge on any atom is -0.383 e. The van der Waals surface area contributed by atoms with Crippen molar-refractivity contribution in [3.05, 3.63) is 60.3 Å². The zero-order valence-corrected chi connectivity index (χ0v) is 12.6. The van der Waals surface area contributed by atoms with Crippen molar-refractivity contribution in [1.29, 1.82) is 0 Å². The molecule has 0 fully saturated rings. The molecule has 4 heteroatoms. The predicted molar refractivity (Wildman–Crippen MR) is 94.4 cm³/mol. The summed E-state index contributed by atoms with van der Waals surface area (Å²) in [6, 6.07) is 17.0. The zero-order chi connectivity index (χ0) is 15.2. The Morgan fingerprint density at radius 3 is 2.26 bits per heavy atom. The van der Waals surface area contributed by atoms with Crippen molar-refractivity contribution in [2.75, 3.05) is 11.9 Å². The fourth-order valence-corrected chi connectivity index (χ4v) is 3.33. The van der Waals surface area contributed by atoms with Crippen LogP contribution in [0.3, 0.4) is 0 Å². The Kier molecular flexibility index (Phi) is 2.58. The Labute approximate surface area is 133 Å². The first kappa shape index (κ1) is 12.5. The van der Waals surface area contributed by atoms with Crippen molar-refractivity contribution in [3.8, 4) is 11.3 Å². The van der Waals surface area contributed by atoms with Gasteiger partial charge in [0.1, 0.15) is 0 Å². The molecule has 5 heterocycles. The normalized spacial score (nSPS) is 13.2. The van der Waals surface area contributed by atoms with E-state index in [1.165, 1.54) is 5.56 Å². The first-order valence-electron chi connectivity index (χ1n) is 7.86. The van der Waals surface area contributed by atoms with Crippen LogP contribution in [0.25, 0.3) is 33.3 Å². The number of anilines is 1. The predicted octanol–water partition coefficient (Wildman–Crippen LogP) is 4.24.